The lowest BCUT2D eigenvalue weighted by molar-refractivity contribution is -0.132. The van der Waals surface area contributed by atoms with Crippen LogP contribution in [0.4, 0.5) is 0 Å². The molecular formula is C8H11NO2. The minimum absolute atomic E-state index is 0.0335. The Kier molecular flexibility index (Phi) is 1.46. The van der Waals surface area contributed by atoms with Crippen molar-refractivity contribution in [2.45, 2.75) is 19.6 Å². The Morgan fingerprint density at radius 1 is 1.73 bits per heavy atom. The molecule has 0 spiro atoms. The third-order valence-electron chi connectivity index (χ3n) is 2.21. The summed E-state index contributed by atoms with van der Waals surface area (Å²) in [6.07, 6.45) is 2.85. The molecule has 0 N–H and O–H groups in total. The van der Waals surface area contributed by atoms with Crippen molar-refractivity contribution >= 4 is 5.91 Å². The summed E-state index contributed by atoms with van der Waals surface area (Å²) < 4.78 is 5.34. The molecule has 0 bridgehead atoms. The maximum absolute atomic E-state index is 11.4. The van der Waals surface area contributed by atoms with Crippen LogP contribution in [0.5, 0.6) is 0 Å². The molecule has 60 valence electrons. The molecule has 3 nitrogen and oxygen atoms in total. The molecule has 0 aromatic carbocycles. The molecule has 3 heteroatoms. The van der Waals surface area contributed by atoms with Gasteiger partial charge in [0.15, 0.2) is 0 Å². The number of amides is 1. The normalized spacial score (nSPS) is 30.3. The fraction of sp³-hybridized carbons (Fsp3) is 0.625. The molecular weight excluding hydrogens is 142 g/mol. The Labute approximate surface area is 65.6 Å². The quantitative estimate of drug-likeness (QED) is 0.507. The average Bonchev–Trinajstić information content (AvgIpc) is 2.45. The van der Waals surface area contributed by atoms with Crippen molar-refractivity contribution in [1.29, 1.82) is 0 Å². The summed E-state index contributed by atoms with van der Waals surface area (Å²) in [6, 6.07) is 0. The molecule has 2 heterocycles. The van der Waals surface area contributed by atoms with Gasteiger partial charge in [0, 0.05) is 18.5 Å². The van der Waals surface area contributed by atoms with Gasteiger partial charge in [0.25, 0.3) is 5.91 Å². The van der Waals surface area contributed by atoms with E-state index in [1.54, 1.807) is 4.90 Å². The van der Waals surface area contributed by atoms with Gasteiger partial charge in [0.2, 0.25) is 0 Å². The Bertz CT molecular complexity index is 222. The van der Waals surface area contributed by atoms with E-state index in [0.29, 0.717) is 6.61 Å². The van der Waals surface area contributed by atoms with E-state index in [2.05, 4.69) is 0 Å². The van der Waals surface area contributed by atoms with Gasteiger partial charge in [0.1, 0.15) is 6.23 Å². The van der Waals surface area contributed by atoms with E-state index in [-0.39, 0.29) is 12.1 Å². The summed E-state index contributed by atoms with van der Waals surface area (Å²) in [4.78, 5) is 13.2. The molecule has 2 rings (SSSR count). The summed E-state index contributed by atoms with van der Waals surface area (Å²) in [7, 11) is 0. The van der Waals surface area contributed by atoms with E-state index in [1.807, 2.05) is 13.0 Å². The lowest BCUT2D eigenvalue weighted by atomic mass is 10.1. The van der Waals surface area contributed by atoms with Crippen LogP contribution in [-0.2, 0) is 9.53 Å². The highest BCUT2D eigenvalue weighted by molar-refractivity contribution is 5.93. The van der Waals surface area contributed by atoms with Gasteiger partial charge in [-0.2, -0.15) is 0 Å². The van der Waals surface area contributed by atoms with Crippen molar-refractivity contribution in [3.05, 3.63) is 11.6 Å². The van der Waals surface area contributed by atoms with Gasteiger partial charge in [-0.15, -0.1) is 0 Å². The molecule has 0 aromatic heterocycles. The maximum atomic E-state index is 11.4. The number of carbonyl (C=O) groups is 1. The SMILES string of the molecule is CC1=CC[C@H]2OCCN2C1=O. The number of fused-ring (bicyclic) bond motifs is 1. The fourth-order valence-electron chi connectivity index (χ4n) is 1.54. The predicted molar refractivity (Wildman–Crippen MR) is 39.8 cm³/mol. The molecule has 0 aliphatic carbocycles. The highest BCUT2D eigenvalue weighted by atomic mass is 16.5. The molecule has 0 saturated carbocycles. The standard InChI is InChI=1S/C8H11NO2/c1-6-2-3-7-9(8(6)10)4-5-11-7/h2,7H,3-5H2,1H3/t7-/m1/s1. The van der Waals surface area contributed by atoms with Gasteiger partial charge >= 0.3 is 0 Å². The first kappa shape index (κ1) is 6.85. The van der Waals surface area contributed by atoms with Crippen LogP contribution in [0, 0.1) is 0 Å². The van der Waals surface area contributed by atoms with Crippen molar-refractivity contribution in [2.24, 2.45) is 0 Å². The average molecular weight is 153 g/mol. The summed E-state index contributed by atoms with van der Waals surface area (Å²) in [5.41, 5.74) is 0.853. The monoisotopic (exact) mass is 153 g/mol. The highest BCUT2D eigenvalue weighted by Gasteiger charge is 2.32. The van der Waals surface area contributed by atoms with E-state index in [1.165, 1.54) is 0 Å². The van der Waals surface area contributed by atoms with Crippen LogP contribution in [-0.4, -0.2) is 30.2 Å². The molecule has 0 radical (unpaired) electrons. The van der Waals surface area contributed by atoms with Crippen molar-refractivity contribution in [3.63, 3.8) is 0 Å². The van der Waals surface area contributed by atoms with Crippen molar-refractivity contribution in [2.75, 3.05) is 13.2 Å². The van der Waals surface area contributed by atoms with Gasteiger partial charge in [-0.3, -0.25) is 4.79 Å². The summed E-state index contributed by atoms with van der Waals surface area (Å²) in [5, 5.41) is 0. The molecule has 0 aromatic rings. The fourth-order valence-corrected chi connectivity index (χ4v) is 1.54. The van der Waals surface area contributed by atoms with Gasteiger partial charge in [0.05, 0.1) is 6.61 Å². The lowest BCUT2D eigenvalue weighted by Gasteiger charge is -2.26. The molecule has 1 fully saturated rings. The zero-order valence-corrected chi connectivity index (χ0v) is 6.54. The van der Waals surface area contributed by atoms with Crippen LogP contribution in [0.1, 0.15) is 13.3 Å². The first-order chi connectivity index (χ1) is 5.29. The molecule has 0 unspecified atom stereocenters. The summed E-state index contributed by atoms with van der Waals surface area (Å²) in [6.45, 7) is 3.31. The van der Waals surface area contributed by atoms with E-state index >= 15 is 0 Å². The number of carbonyl (C=O) groups excluding carboxylic acids is 1. The van der Waals surface area contributed by atoms with Gasteiger partial charge in [-0.1, -0.05) is 6.08 Å². The van der Waals surface area contributed by atoms with Crippen molar-refractivity contribution < 1.29 is 9.53 Å². The van der Waals surface area contributed by atoms with E-state index in [4.69, 9.17) is 4.74 Å². The van der Waals surface area contributed by atoms with Crippen LogP contribution >= 0.6 is 0 Å². The Balaban J connectivity index is 2.24. The van der Waals surface area contributed by atoms with Crippen LogP contribution < -0.4 is 0 Å². The number of rotatable bonds is 0. The molecule has 1 saturated heterocycles. The minimum atomic E-state index is 0.0335. The first-order valence-corrected chi connectivity index (χ1v) is 3.88. The van der Waals surface area contributed by atoms with E-state index in [0.717, 1.165) is 18.5 Å². The Morgan fingerprint density at radius 3 is 3.36 bits per heavy atom. The second-order valence-corrected chi connectivity index (χ2v) is 2.95. The summed E-state index contributed by atoms with van der Waals surface area (Å²) >= 11 is 0. The Morgan fingerprint density at radius 2 is 2.55 bits per heavy atom. The Hall–Kier alpha value is -0.830. The number of ether oxygens (including phenoxy) is 1. The third kappa shape index (κ3) is 0.959. The molecule has 2 aliphatic heterocycles. The second-order valence-electron chi connectivity index (χ2n) is 2.95. The predicted octanol–water partition coefficient (Wildman–Crippen LogP) is 0.521. The van der Waals surface area contributed by atoms with E-state index in [9.17, 15) is 4.79 Å². The van der Waals surface area contributed by atoms with Crippen LogP contribution in [0.2, 0.25) is 0 Å². The number of hydrogen-bond donors (Lipinski definition) is 0. The van der Waals surface area contributed by atoms with Crippen LogP contribution in [0.15, 0.2) is 11.6 Å². The first-order valence-electron chi connectivity index (χ1n) is 3.88. The van der Waals surface area contributed by atoms with E-state index < -0.39 is 0 Å². The minimum Gasteiger partial charge on any atom is -0.356 e. The van der Waals surface area contributed by atoms with Crippen LogP contribution in [0.3, 0.4) is 0 Å². The second kappa shape index (κ2) is 2.34. The number of nitrogens with zero attached hydrogens (tertiary/aromatic N) is 1. The van der Waals surface area contributed by atoms with Crippen molar-refractivity contribution in [3.8, 4) is 0 Å². The molecule has 2 aliphatic rings. The summed E-state index contributed by atoms with van der Waals surface area (Å²) in [5.74, 6) is 0.138. The van der Waals surface area contributed by atoms with Gasteiger partial charge < -0.3 is 9.64 Å². The zero-order valence-electron chi connectivity index (χ0n) is 6.54. The van der Waals surface area contributed by atoms with Crippen LogP contribution in [0.25, 0.3) is 0 Å². The molecule has 1 atom stereocenters. The molecule has 1 amide bonds. The topological polar surface area (TPSA) is 29.5 Å². The maximum Gasteiger partial charge on any atom is 0.251 e. The third-order valence-corrected chi connectivity index (χ3v) is 2.21. The van der Waals surface area contributed by atoms with Gasteiger partial charge in [-0.25, -0.2) is 0 Å². The molecule has 11 heavy (non-hydrogen) atoms. The van der Waals surface area contributed by atoms with Crippen molar-refractivity contribution in [1.82, 2.24) is 4.90 Å². The number of hydrogen-bond acceptors (Lipinski definition) is 2. The van der Waals surface area contributed by atoms with Gasteiger partial charge in [-0.05, 0) is 6.92 Å². The largest absolute Gasteiger partial charge is 0.356 e. The highest BCUT2D eigenvalue weighted by Crippen LogP contribution is 2.21. The lowest BCUT2D eigenvalue weighted by Crippen LogP contribution is -2.39. The zero-order chi connectivity index (χ0) is 7.84. The smallest absolute Gasteiger partial charge is 0.251 e.